The minimum absolute atomic E-state index is 0.100. The van der Waals surface area contributed by atoms with E-state index in [1.54, 1.807) is 23.1 Å². The van der Waals surface area contributed by atoms with Gasteiger partial charge in [-0.3, -0.25) is 9.69 Å². The maximum atomic E-state index is 12.1. The number of hydrogen-bond donors (Lipinski definition) is 1. The van der Waals surface area contributed by atoms with Crippen molar-refractivity contribution in [2.24, 2.45) is 0 Å². The van der Waals surface area contributed by atoms with Crippen molar-refractivity contribution in [3.63, 3.8) is 0 Å². The van der Waals surface area contributed by atoms with Crippen LogP contribution in [0.25, 0.3) is 10.2 Å². The van der Waals surface area contributed by atoms with E-state index in [1.807, 2.05) is 30.3 Å². The third-order valence-electron chi connectivity index (χ3n) is 5.36. The number of anilines is 1. The maximum Gasteiger partial charge on any atom is 0.230 e. The molecule has 0 unspecified atom stereocenters. The molecular weight excluding hydrogens is 412 g/mol. The summed E-state index contributed by atoms with van der Waals surface area (Å²) in [6.07, 6.45) is 1.06. The van der Waals surface area contributed by atoms with Gasteiger partial charge in [-0.05, 0) is 36.2 Å². The van der Waals surface area contributed by atoms with Gasteiger partial charge in [0.2, 0.25) is 5.91 Å². The van der Waals surface area contributed by atoms with E-state index in [1.165, 1.54) is 10.3 Å². The van der Waals surface area contributed by atoms with E-state index in [-0.39, 0.29) is 5.91 Å². The standard InChI is InChI=1S/C23H28N4OS2/c1-2-18-8-9-20-21(16-18)30-23(25-20)27-14-12-26(13-15-27)11-10-24-22(28)17-29-19-6-4-3-5-7-19/h3-9,16H,2,10-15,17H2,1H3,(H,24,28). The van der Waals surface area contributed by atoms with E-state index in [2.05, 4.69) is 40.2 Å². The number of nitrogens with zero attached hydrogens (tertiary/aromatic N) is 3. The van der Waals surface area contributed by atoms with Crippen LogP contribution in [0.2, 0.25) is 0 Å². The molecule has 7 heteroatoms. The summed E-state index contributed by atoms with van der Waals surface area (Å²) >= 11 is 3.38. The van der Waals surface area contributed by atoms with Crippen molar-refractivity contribution in [1.82, 2.24) is 15.2 Å². The normalized spacial score (nSPS) is 14.9. The van der Waals surface area contributed by atoms with Crippen LogP contribution in [-0.2, 0) is 11.2 Å². The predicted octanol–water partition coefficient (Wildman–Crippen LogP) is 3.89. The lowest BCUT2D eigenvalue weighted by molar-refractivity contribution is -0.118. The van der Waals surface area contributed by atoms with Crippen LogP contribution in [0, 0.1) is 0 Å². The summed E-state index contributed by atoms with van der Waals surface area (Å²) in [6.45, 7) is 7.77. The van der Waals surface area contributed by atoms with Crippen LogP contribution >= 0.6 is 23.1 Å². The fraction of sp³-hybridized carbons (Fsp3) is 0.391. The summed E-state index contributed by atoms with van der Waals surface area (Å²) in [7, 11) is 0. The van der Waals surface area contributed by atoms with Crippen molar-refractivity contribution < 1.29 is 4.79 Å². The number of fused-ring (bicyclic) bond motifs is 1. The second kappa shape index (κ2) is 10.3. The Balaban J connectivity index is 1.18. The molecule has 1 aliphatic heterocycles. The van der Waals surface area contributed by atoms with Crippen molar-refractivity contribution in [2.75, 3.05) is 49.9 Å². The van der Waals surface area contributed by atoms with Gasteiger partial charge in [-0.2, -0.15) is 0 Å². The molecule has 0 radical (unpaired) electrons. The maximum absolute atomic E-state index is 12.1. The van der Waals surface area contributed by atoms with Gasteiger partial charge < -0.3 is 10.2 Å². The largest absolute Gasteiger partial charge is 0.354 e. The van der Waals surface area contributed by atoms with Crippen LogP contribution in [0.5, 0.6) is 0 Å². The average Bonchev–Trinajstić information content (AvgIpc) is 3.22. The van der Waals surface area contributed by atoms with E-state index in [4.69, 9.17) is 4.98 Å². The molecule has 2 heterocycles. The highest BCUT2D eigenvalue weighted by molar-refractivity contribution is 8.00. The molecule has 0 bridgehead atoms. The smallest absolute Gasteiger partial charge is 0.230 e. The highest BCUT2D eigenvalue weighted by Crippen LogP contribution is 2.30. The van der Waals surface area contributed by atoms with Crippen LogP contribution in [0.1, 0.15) is 12.5 Å². The Morgan fingerprint density at radius 3 is 2.70 bits per heavy atom. The Morgan fingerprint density at radius 2 is 1.93 bits per heavy atom. The highest BCUT2D eigenvalue weighted by atomic mass is 32.2. The first-order valence-electron chi connectivity index (χ1n) is 10.5. The van der Waals surface area contributed by atoms with Crippen LogP contribution in [0.15, 0.2) is 53.4 Å². The summed E-state index contributed by atoms with van der Waals surface area (Å²) in [6, 6.07) is 16.6. The Hall–Kier alpha value is -2.09. The number of aromatic nitrogens is 1. The Kier molecular flexibility index (Phi) is 7.25. The third-order valence-corrected chi connectivity index (χ3v) is 7.45. The quantitative estimate of drug-likeness (QED) is 0.539. The first-order valence-corrected chi connectivity index (χ1v) is 12.3. The number of thioether (sulfide) groups is 1. The van der Waals surface area contributed by atoms with Crippen molar-refractivity contribution in [3.05, 3.63) is 54.1 Å². The SMILES string of the molecule is CCc1ccc2nc(N3CCN(CCNC(=O)CSc4ccccc4)CC3)sc2c1. The van der Waals surface area contributed by atoms with E-state index in [9.17, 15) is 4.79 Å². The summed E-state index contributed by atoms with van der Waals surface area (Å²) < 4.78 is 1.28. The zero-order valence-corrected chi connectivity index (χ0v) is 19.0. The van der Waals surface area contributed by atoms with Gasteiger partial charge in [0, 0.05) is 44.2 Å². The van der Waals surface area contributed by atoms with Gasteiger partial charge in [0.25, 0.3) is 0 Å². The molecule has 0 saturated carbocycles. The first-order chi connectivity index (χ1) is 14.7. The first kappa shape index (κ1) is 21.2. The molecule has 1 N–H and O–H groups in total. The van der Waals surface area contributed by atoms with E-state index < -0.39 is 0 Å². The van der Waals surface area contributed by atoms with Crippen molar-refractivity contribution in [3.8, 4) is 0 Å². The fourth-order valence-electron chi connectivity index (χ4n) is 3.54. The number of piperazine rings is 1. The second-order valence-electron chi connectivity index (χ2n) is 7.43. The number of benzene rings is 2. The number of aryl methyl sites for hydroxylation is 1. The number of amides is 1. The molecule has 1 fully saturated rings. The van der Waals surface area contributed by atoms with Crippen LogP contribution in [0.3, 0.4) is 0 Å². The van der Waals surface area contributed by atoms with Crippen molar-refractivity contribution >= 4 is 44.4 Å². The molecule has 3 aromatic rings. The third kappa shape index (κ3) is 5.53. The molecule has 158 valence electrons. The molecule has 0 atom stereocenters. The minimum Gasteiger partial charge on any atom is -0.354 e. The number of carbonyl (C=O) groups excluding carboxylic acids is 1. The van der Waals surface area contributed by atoms with E-state index in [0.717, 1.165) is 54.7 Å². The van der Waals surface area contributed by atoms with Crippen LogP contribution in [0.4, 0.5) is 5.13 Å². The van der Waals surface area contributed by atoms with Gasteiger partial charge in [0.05, 0.1) is 16.0 Å². The predicted molar refractivity (Wildman–Crippen MR) is 128 cm³/mol. The zero-order valence-electron chi connectivity index (χ0n) is 17.3. The number of carbonyl (C=O) groups is 1. The van der Waals surface area contributed by atoms with Gasteiger partial charge in [-0.1, -0.05) is 42.5 Å². The summed E-state index contributed by atoms with van der Waals surface area (Å²) in [5, 5.41) is 4.18. The van der Waals surface area contributed by atoms with Gasteiger partial charge in [-0.25, -0.2) is 4.98 Å². The molecule has 5 nitrogen and oxygen atoms in total. The summed E-state index contributed by atoms with van der Waals surface area (Å²) in [5.74, 6) is 0.568. The molecule has 0 spiro atoms. The lowest BCUT2D eigenvalue weighted by atomic mass is 10.2. The fourth-order valence-corrected chi connectivity index (χ4v) is 5.38. The molecule has 1 aliphatic rings. The van der Waals surface area contributed by atoms with Gasteiger partial charge in [-0.15, -0.1) is 11.8 Å². The van der Waals surface area contributed by atoms with Gasteiger partial charge in [0.1, 0.15) is 0 Å². The van der Waals surface area contributed by atoms with Crippen LogP contribution < -0.4 is 10.2 Å². The number of thiazole rings is 1. The van der Waals surface area contributed by atoms with Crippen LogP contribution in [-0.4, -0.2) is 60.8 Å². The second-order valence-corrected chi connectivity index (χ2v) is 9.49. The minimum atomic E-state index is 0.100. The number of rotatable bonds is 8. The summed E-state index contributed by atoms with van der Waals surface area (Å²) in [4.78, 5) is 22.8. The molecule has 0 aliphatic carbocycles. The van der Waals surface area contributed by atoms with E-state index >= 15 is 0 Å². The van der Waals surface area contributed by atoms with Crippen molar-refractivity contribution in [1.29, 1.82) is 0 Å². The average molecular weight is 441 g/mol. The van der Waals surface area contributed by atoms with Gasteiger partial charge in [0.15, 0.2) is 5.13 Å². The topological polar surface area (TPSA) is 48.5 Å². The lowest BCUT2D eigenvalue weighted by Gasteiger charge is -2.34. The molecule has 4 rings (SSSR count). The monoisotopic (exact) mass is 440 g/mol. The Morgan fingerprint density at radius 1 is 1.13 bits per heavy atom. The molecule has 1 aromatic heterocycles. The molecule has 30 heavy (non-hydrogen) atoms. The zero-order chi connectivity index (χ0) is 20.8. The number of nitrogens with one attached hydrogen (secondary N) is 1. The Labute approximate surface area is 186 Å². The molecular formula is C23H28N4OS2. The lowest BCUT2D eigenvalue weighted by Crippen LogP contribution is -2.48. The molecule has 1 saturated heterocycles. The molecule has 1 amide bonds. The number of hydrogen-bond acceptors (Lipinski definition) is 6. The Bertz CT molecular complexity index is 968. The highest BCUT2D eigenvalue weighted by Gasteiger charge is 2.19. The van der Waals surface area contributed by atoms with Crippen molar-refractivity contribution in [2.45, 2.75) is 18.2 Å². The van der Waals surface area contributed by atoms with Gasteiger partial charge >= 0.3 is 0 Å². The molecule has 2 aromatic carbocycles. The van der Waals surface area contributed by atoms with E-state index in [0.29, 0.717) is 12.3 Å². The summed E-state index contributed by atoms with van der Waals surface area (Å²) in [5.41, 5.74) is 2.47.